The van der Waals surface area contributed by atoms with Gasteiger partial charge >= 0.3 is 0 Å². The highest BCUT2D eigenvalue weighted by Gasteiger charge is 2.22. The molecule has 1 aromatic carbocycles. The average Bonchev–Trinajstić information content (AvgIpc) is 3.42. The van der Waals surface area contributed by atoms with E-state index in [1.807, 2.05) is 34.9 Å². The summed E-state index contributed by atoms with van der Waals surface area (Å²) in [5.41, 5.74) is 2.25. The van der Waals surface area contributed by atoms with Crippen LogP contribution in [0.5, 0.6) is 0 Å². The third kappa shape index (κ3) is 4.26. The lowest BCUT2D eigenvalue weighted by atomic mass is 9.97. The summed E-state index contributed by atoms with van der Waals surface area (Å²) in [6.45, 7) is 5.03. The molecule has 0 radical (unpaired) electrons. The number of aromatic nitrogens is 4. The van der Waals surface area contributed by atoms with E-state index in [4.69, 9.17) is 9.40 Å². The van der Waals surface area contributed by atoms with Crippen LogP contribution in [0.1, 0.15) is 49.4 Å². The summed E-state index contributed by atoms with van der Waals surface area (Å²) in [4.78, 5) is 20.7. The largest absolute Gasteiger partial charge is 0.420 e. The molecule has 0 aliphatic heterocycles. The minimum Gasteiger partial charge on any atom is -0.420 e. The fourth-order valence-corrected chi connectivity index (χ4v) is 6.21. The molecule has 1 aliphatic rings. The number of fused-ring (bicyclic) bond motifs is 3. The Morgan fingerprint density at radius 3 is 2.78 bits per heavy atom. The normalized spacial score (nSPS) is 13.7. The number of aryl methyl sites for hydroxylation is 2. The van der Waals surface area contributed by atoms with Gasteiger partial charge in [0.05, 0.1) is 11.1 Å². The highest BCUT2D eigenvalue weighted by molar-refractivity contribution is 7.98. The van der Waals surface area contributed by atoms with Gasteiger partial charge in [-0.1, -0.05) is 43.8 Å². The van der Waals surface area contributed by atoms with Crippen LogP contribution >= 0.6 is 23.1 Å². The third-order valence-corrected chi connectivity index (χ3v) is 7.93. The first-order valence-electron chi connectivity index (χ1n) is 11.2. The van der Waals surface area contributed by atoms with Crippen LogP contribution in [0.15, 0.2) is 44.7 Å². The summed E-state index contributed by atoms with van der Waals surface area (Å²) in [6.07, 6.45) is 5.35. The summed E-state index contributed by atoms with van der Waals surface area (Å²) >= 11 is 3.19. The van der Waals surface area contributed by atoms with Gasteiger partial charge in [0.15, 0.2) is 5.16 Å². The summed E-state index contributed by atoms with van der Waals surface area (Å²) in [5.74, 6) is 2.03. The molecule has 0 N–H and O–H groups in total. The molecular weight excluding hydrogens is 440 g/mol. The van der Waals surface area contributed by atoms with Crippen molar-refractivity contribution in [3.8, 4) is 11.5 Å². The molecule has 1 aliphatic carbocycles. The van der Waals surface area contributed by atoms with Crippen LogP contribution in [0.4, 0.5) is 0 Å². The van der Waals surface area contributed by atoms with E-state index in [0.29, 0.717) is 30.0 Å². The van der Waals surface area contributed by atoms with Gasteiger partial charge in [-0.2, -0.15) is 0 Å². The zero-order valence-corrected chi connectivity index (χ0v) is 20.0. The molecule has 3 aromatic heterocycles. The van der Waals surface area contributed by atoms with E-state index in [1.165, 1.54) is 28.6 Å². The van der Waals surface area contributed by atoms with E-state index in [2.05, 4.69) is 24.0 Å². The molecule has 3 heterocycles. The Morgan fingerprint density at radius 1 is 1.16 bits per heavy atom. The second kappa shape index (κ2) is 9.19. The van der Waals surface area contributed by atoms with Crippen molar-refractivity contribution in [3.63, 3.8) is 0 Å². The van der Waals surface area contributed by atoms with E-state index in [-0.39, 0.29) is 5.56 Å². The lowest BCUT2D eigenvalue weighted by Gasteiger charge is -2.14. The smallest absolute Gasteiger partial charge is 0.263 e. The predicted octanol–water partition coefficient (Wildman–Crippen LogP) is 5.73. The van der Waals surface area contributed by atoms with Gasteiger partial charge in [-0.3, -0.25) is 9.36 Å². The van der Waals surface area contributed by atoms with Crippen molar-refractivity contribution >= 4 is 33.3 Å². The molecule has 0 unspecified atom stereocenters. The fraction of sp³-hybridized carbons (Fsp3) is 0.417. The Morgan fingerprint density at radius 2 is 1.97 bits per heavy atom. The van der Waals surface area contributed by atoms with Gasteiger partial charge in [0, 0.05) is 17.0 Å². The number of hydrogen-bond acceptors (Lipinski definition) is 7. The molecule has 6 nitrogen and oxygen atoms in total. The molecule has 0 bridgehead atoms. The van der Waals surface area contributed by atoms with Crippen LogP contribution in [0.25, 0.3) is 21.7 Å². The van der Waals surface area contributed by atoms with Gasteiger partial charge < -0.3 is 4.42 Å². The Bertz CT molecular complexity index is 1290. The maximum absolute atomic E-state index is 13.6. The summed E-state index contributed by atoms with van der Waals surface area (Å²) in [5, 5.41) is 9.96. The Balaban J connectivity index is 1.46. The van der Waals surface area contributed by atoms with Gasteiger partial charge in [0.1, 0.15) is 4.83 Å². The standard InChI is InChI=1S/C24H26N4O2S2/c1-15(2)12-13-28-23(29)20-17-10-6-7-11-18(17)32-22(20)25-24(28)31-14-19-26-27-21(30-19)16-8-4-3-5-9-16/h3-5,8-9,15H,6-7,10-14H2,1-2H3. The van der Waals surface area contributed by atoms with Gasteiger partial charge in [-0.25, -0.2) is 4.98 Å². The van der Waals surface area contributed by atoms with Crippen LogP contribution in [-0.2, 0) is 25.1 Å². The van der Waals surface area contributed by atoms with Crippen molar-refractivity contribution in [2.75, 3.05) is 0 Å². The summed E-state index contributed by atoms with van der Waals surface area (Å²) in [6, 6.07) is 9.74. The van der Waals surface area contributed by atoms with Crippen LogP contribution in [0.3, 0.4) is 0 Å². The number of benzene rings is 1. The van der Waals surface area contributed by atoms with Crippen LogP contribution in [0.2, 0.25) is 0 Å². The molecule has 0 saturated carbocycles. The second-order valence-electron chi connectivity index (χ2n) is 8.58. The summed E-state index contributed by atoms with van der Waals surface area (Å²) in [7, 11) is 0. The number of nitrogens with zero attached hydrogens (tertiary/aromatic N) is 4. The van der Waals surface area contributed by atoms with Crippen molar-refractivity contribution in [1.82, 2.24) is 19.7 Å². The SMILES string of the molecule is CC(C)CCn1c(SCc2nnc(-c3ccccc3)o2)nc2sc3c(c2c1=O)CCCC3. The molecule has 0 fully saturated rings. The highest BCUT2D eigenvalue weighted by Crippen LogP contribution is 2.35. The average molecular weight is 467 g/mol. The van der Waals surface area contributed by atoms with Crippen molar-refractivity contribution in [2.45, 2.75) is 63.4 Å². The van der Waals surface area contributed by atoms with Gasteiger partial charge in [-0.05, 0) is 55.7 Å². The molecule has 0 amide bonds. The van der Waals surface area contributed by atoms with Gasteiger partial charge in [0.25, 0.3) is 5.56 Å². The van der Waals surface area contributed by atoms with Crippen molar-refractivity contribution in [1.29, 1.82) is 0 Å². The van der Waals surface area contributed by atoms with Crippen molar-refractivity contribution < 1.29 is 4.42 Å². The Labute approximate surface area is 195 Å². The molecule has 5 rings (SSSR count). The van der Waals surface area contributed by atoms with Crippen molar-refractivity contribution in [2.24, 2.45) is 5.92 Å². The van der Waals surface area contributed by atoms with Crippen molar-refractivity contribution in [3.05, 3.63) is 57.0 Å². The number of thiophene rings is 1. The second-order valence-corrected chi connectivity index (χ2v) is 10.6. The van der Waals surface area contributed by atoms with Gasteiger partial charge in [-0.15, -0.1) is 21.5 Å². The van der Waals surface area contributed by atoms with Crippen LogP contribution in [0, 0.1) is 5.92 Å². The van der Waals surface area contributed by atoms with E-state index in [1.54, 1.807) is 11.3 Å². The molecule has 8 heteroatoms. The first-order valence-corrected chi connectivity index (χ1v) is 13.0. The maximum atomic E-state index is 13.6. The predicted molar refractivity (Wildman–Crippen MR) is 129 cm³/mol. The van der Waals surface area contributed by atoms with E-state index >= 15 is 0 Å². The molecule has 0 atom stereocenters. The van der Waals surface area contributed by atoms with Crippen LogP contribution in [-0.4, -0.2) is 19.7 Å². The monoisotopic (exact) mass is 466 g/mol. The molecule has 4 aromatic rings. The fourth-order valence-electron chi connectivity index (χ4n) is 4.05. The number of hydrogen-bond donors (Lipinski definition) is 0. The molecule has 166 valence electrons. The minimum absolute atomic E-state index is 0.105. The minimum atomic E-state index is 0.105. The zero-order chi connectivity index (χ0) is 22.1. The highest BCUT2D eigenvalue weighted by atomic mass is 32.2. The first kappa shape index (κ1) is 21.4. The van der Waals surface area contributed by atoms with E-state index in [0.717, 1.165) is 46.6 Å². The lowest BCUT2D eigenvalue weighted by Crippen LogP contribution is -2.24. The molecule has 0 spiro atoms. The quantitative estimate of drug-likeness (QED) is 0.256. The lowest BCUT2D eigenvalue weighted by molar-refractivity contribution is 0.480. The number of thioether (sulfide) groups is 1. The van der Waals surface area contributed by atoms with E-state index in [9.17, 15) is 4.79 Å². The Hall–Kier alpha value is -2.45. The van der Waals surface area contributed by atoms with Crippen LogP contribution < -0.4 is 5.56 Å². The third-order valence-electron chi connectivity index (χ3n) is 5.78. The zero-order valence-electron chi connectivity index (χ0n) is 18.3. The molecular formula is C24H26N4O2S2. The maximum Gasteiger partial charge on any atom is 0.263 e. The molecule has 0 saturated heterocycles. The van der Waals surface area contributed by atoms with E-state index < -0.39 is 0 Å². The molecule has 32 heavy (non-hydrogen) atoms. The Kier molecular flexibility index (Phi) is 6.15. The number of rotatable bonds is 7. The summed E-state index contributed by atoms with van der Waals surface area (Å²) < 4.78 is 7.72. The first-order chi connectivity index (χ1) is 15.6. The topological polar surface area (TPSA) is 73.8 Å². The van der Waals surface area contributed by atoms with Gasteiger partial charge in [0.2, 0.25) is 11.8 Å².